The zero-order valence-corrected chi connectivity index (χ0v) is 17.6. The molecule has 0 radical (unpaired) electrons. The number of benzene rings is 2. The van der Waals surface area contributed by atoms with Crippen molar-refractivity contribution in [2.24, 2.45) is 0 Å². The molecule has 28 heavy (non-hydrogen) atoms. The summed E-state index contributed by atoms with van der Waals surface area (Å²) in [5.74, 6) is 0.265. The number of carbonyl (C=O) groups is 1. The van der Waals surface area contributed by atoms with Crippen LogP contribution in [0, 0.1) is 0 Å². The number of thiazole rings is 1. The average molecular weight is 420 g/mol. The van der Waals surface area contributed by atoms with Gasteiger partial charge >= 0.3 is 0 Å². The summed E-state index contributed by atoms with van der Waals surface area (Å²) in [6.07, 6.45) is 0. The smallest absolute Gasteiger partial charge is 0.257 e. The fraction of sp³-hybridized carbons (Fsp3) is 0.263. The van der Waals surface area contributed by atoms with Gasteiger partial charge in [-0.05, 0) is 57.2 Å². The average Bonchev–Trinajstić information content (AvgIpc) is 3.02. The molecule has 1 amide bonds. The van der Waals surface area contributed by atoms with Gasteiger partial charge in [0.25, 0.3) is 5.91 Å². The quantitative estimate of drug-likeness (QED) is 0.658. The third-order valence-electron chi connectivity index (χ3n) is 3.69. The first kappa shape index (κ1) is 20.2. The maximum Gasteiger partial charge on any atom is 0.257 e. The van der Waals surface area contributed by atoms with Gasteiger partial charge in [-0.1, -0.05) is 17.4 Å². The Kier molecular flexibility index (Phi) is 5.42. The standard InChI is InChI=1S/C19H21N3O4S2/c1-19(2,3)22-28(24,25)13-10-8-12(9-11-13)17(23)21-18-20-16-14(26-4)6-5-7-15(16)27-18/h5-11,22H,1-4H3,(H,20,21,23). The van der Waals surface area contributed by atoms with E-state index in [9.17, 15) is 13.2 Å². The van der Waals surface area contributed by atoms with Crippen LogP contribution in [0.1, 0.15) is 31.1 Å². The number of carbonyl (C=O) groups excluding carboxylic acids is 1. The minimum absolute atomic E-state index is 0.101. The Morgan fingerprint density at radius 2 is 1.79 bits per heavy atom. The fourth-order valence-corrected chi connectivity index (χ4v) is 4.86. The van der Waals surface area contributed by atoms with E-state index in [2.05, 4.69) is 15.0 Å². The zero-order chi connectivity index (χ0) is 20.5. The molecule has 3 rings (SSSR count). The highest BCUT2D eigenvalue weighted by Gasteiger charge is 2.22. The number of fused-ring (bicyclic) bond motifs is 1. The predicted octanol–water partition coefficient (Wildman–Crippen LogP) is 3.63. The number of rotatable bonds is 5. The molecule has 0 bridgehead atoms. The number of para-hydroxylation sites is 1. The molecule has 0 saturated heterocycles. The van der Waals surface area contributed by atoms with Crippen LogP contribution in [0.15, 0.2) is 47.4 Å². The van der Waals surface area contributed by atoms with Crippen LogP contribution in [0.25, 0.3) is 10.2 Å². The molecule has 9 heteroatoms. The fourth-order valence-electron chi connectivity index (χ4n) is 2.56. The summed E-state index contributed by atoms with van der Waals surface area (Å²) >= 11 is 1.33. The summed E-state index contributed by atoms with van der Waals surface area (Å²) < 4.78 is 33.4. The molecule has 0 aliphatic carbocycles. The lowest BCUT2D eigenvalue weighted by molar-refractivity contribution is 0.102. The number of hydrogen-bond acceptors (Lipinski definition) is 6. The Morgan fingerprint density at radius 3 is 2.39 bits per heavy atom. The molecule has 0 aliphatic heterocycles. The normalized spacial score (nSPS) is 12.1. The van der Waals surface area contributed by atoms with E-state index in [-0.39, 0.29) is 10.8 Å². The molecule has 148 valence electrons. The number of ether oxygens (including phenoxy) is 1. The Hall–Kier alpha value is -2.49. The van der Waals surface area contributed by atoms with Gasteiger partial charge in [-0.15, -0.1) is 0 Å². The van der Waals surface area contributed by atoms with Crippen molar-refractivity contribution in [3.8, 4) is 5.75 Å². The highest BCUT2D eigenvalue weighted by molar-refractivity contribution is 7.89. The number of hydrogen-bond donors (Lipinski definition) is 2. The first-order valence-corrected chi connectivity index (χ1v) is 10.8. The van der Waals surface area contributed by atoms with Gasteiger partial charge in [0, 0.05) is 11.1 Å². The van der Waals surface area contributed by atoms with E-state index in [4.69, 9.17) is 4.74 Å². The van der Waals surface area contributed by atoms with E-state index in [1.165, 1.54) is 35.6 Å². The van der Waals surface area contributed by atoms with Crippen molar-refractivity contribution in [2.75, 3.05) is 12.4 Å². The molecule has 0 atom stereocenters. The second-order valence-corrected chi connectivity index (χ2v) is 9.87. The molecule has 0 spiro atoms. The summed E-state index contributed by atoms with van der Waals surface area (Å²) in [5.41, 5.74) is 0.420. The summed E-state index contributed by atoms with van der Waals surface area (Å²) in [4.78, 5) is 17.0. The van der Waals surface area contributed by atoms with Gasteiger partial charge in [0.05, 0.1) is 16.7 Å². The molecule has 0 fully saturated rings. The number of aromatic nitrogens is 1. The third kappa shape index (κ3) is 4.49. The topological polar surface area (TPSA) is 97.4 Å². The van der Waals surface area contributed by atoms with E-state index >= 15 is 0 Å². The summed E-state index contributed by atoms with van der Waals surface area (Å²) in [6.45, 7) is 5.29. The van der Waals surface area contributed by atoms with Crippen LogP contribution in [0.4, 0.5) is 5.13 Å². The number of sulfonamides is 1. The van der Waals surface area contributed by atoms with E-state index in [0.717, 1.165) is 4.70 Å². The van der Waals surface area contributed by atoms with Crippen LogP contribution in [-0.4, -0.2) is 32.0 Å². The molecule has 1 aromatic heterocycles. The molecule has 0 aliphatic rings. The first-order valence-electron chi connectivity index (χ1n) is 8.48. The van der Waals surface area contributed by atoms with Gasteiger partial charge in [0.2, 0.25) is 10.0 Å². The maximum absolute atomic E-state index is 12.5. The second-order valence-electron chi connectivity index (χ2n) is 7.16. The largest absolute Gasteiger partial charge is 0.494 e. The lowest BCUT2D eigenvalue weighted by Gasteiger charge is -2.20. The molecule has 2 aromatic carbocycles. The number of amides is 1. The monoisotopic (exact) mass is 419 g/mol. The Labute approximate surface area is 167 Å². The van der Waals surface area contributed by atoms with Crippen LogP contribution >= 0.6 is 11.3 Å². The predicted molar refractivity (Wildman–Crippen MR) is 111 cm³/mol. The molecule has 2 N–H and O–H groups in total. The van der Waals surface area contributed by atoms with Crippen molar-refractivity contribution in [3.63, 3.8) is 0 Å². The molecular weight excluding hydrogens is 398 g/mol. The van der Waals surface area contributed by atoms with Crippen molar-refractivity contribution in [1.29, 1.82) is 0 Å². The van der Waals surface area contributed by atoms with E-state index < -0.39 is 15.6 Å². The minimum atomic E-state index is -3.65. The van der Waals surface area contributed by atoms with Crippen LogP contribution in [-0.2, 0) is 10.0 Å². The summed E-state index contributed by atoms with van der Waals surface area (Å²) in [6, 6.07) is 11.3. The van der Waals surface area contributed by atoms with Crippen molar-refractivity contribution < 1.29 is 17.9 Å². The van der Waals surface area contributed by atoms with Crippen molar-refractivity contribution in [3.05, 3.63) is 48.0 Å². The summed E-state index contributed by atoms with van der Waals surface area (Å²) in [7, 11) is -2.08. The Morgan fingerprint density at radius 1 is 1.11 bits per heavy atom. The van der Waals surface area contributed by atoms with Gasteiger partial charge in [-0.3, -0.25) is 10.1 Å². The molecule has 0 saturated carbocycles. The highest BCUT2D eigenvalue weighted by Crippen LogP contribution is 2.32. The van der Waals surface area contributed by atoms with E-state index in [1.807, 2.05) is 12.1 Å². The number of nitrogens with zero attached hydrogens (tertiary/aromatic N) is 1. The number of anilines is 1. The molecule has 3 aromatic rings. The van der Waals surface area contributed by atoms with Crippen molar-refractivity contribution >= 4 is 42.6 Å². The van der Waals surface area contributed by atoms with Crippen LogP contribution < -0.4 is 14.8 Å². The Bertz CT molecular complexity index is 1110. The lowest BCUT2D eigenvalue weighted by Crippen LogP contribution is -2.40. The van der Waals surface area contributed by atoms with Gasteiger partial charge in [-0.2, -0.15) is 0 Å². The summed E-state index contributed by atoms with van der Waals surface area (Å²) in [5, 5.41) is 3.18. The second kappa shape index (κ2) is 7.50. The van der Waals surface area contributed by atoms with Crippen LogP contribution in [0.5, 0.6) is 5.75 Å². The van der Waals surface area contributed by atoms with Gasteiger partial charge in [0.1, 0.15) is 11.3 Å². The van der Waals surface area contributed by atoms with Gasteiger partial charge < -0.3 is 4.74 Å². The number of methoxy groups -OCH3 is 1. The minimum Gasteiger partial charge on any atom is -0.494 e. The number of nitrogens with one attached hydrogen (secondary N) is 2. The van der Waals surface area contributed by atoms with Crippen molar-refractivity contribution in [2.45, 2.75) is 31.2 Å². The van der Waals surface area contributed by atoms with Gasteiger partial charge in [0.15, 0.2) is 5.13 Å². The van der Waals surface area contributed by atoms with Crippen LogP contribution in [0.2, 0.25) is 0 Å². The highest BCUT2D eigenvalue weighted by atomic mass is 32.2. The zero-order valence-electron chi connectivity index (χ0n) is 15.9. The van der Waals surface area contributed by atoms with Crippen molar-refractivity contribution in [1.82, 2.24) is 9.71 Å². The SMILES string of the molecule is COc1cccc2sc(NC(=O)c3ccc(S(=O)(=O)NC(C)(C)C)cc3)nc12. The lowest BCUT2D eigenvalue weighted by atomic mass is 10.1. The van der Waals surface area contributed by atoms with E-state index in [0.29, 0.717) is 22.0 Å². The van der Waals surface area contributed by atoms with Gasteiger partial charge in [-0.25, -0.2) is 18.1 Å². The molecule has 1 heterocycles. The molecular formula is C19H21N3O4S2. The van der Waals surface area contributed by atoms with E-state index in [1.54, 1.807) is 33.9 Å². The molecule has 0 unspecified atom stereocenters. The molecule has 7 nitrogen and oxygen atoms in total. The maximum atomic E-state index is 12.5. The van der Waals surface area contributed by atoms with Crippen LogP contribution in [0.3, 0.4) is 0 Å². The third-order valence-corrected chi connectivity index (χ3v) is 6.40. The first-order chi connectivity index (χ1) is 13.1. The Balaban J connectivity index is 1.78.